The summed E-state index contributed by atoms with van der Waals surface area (Å²) in [7, 11) is -2.83. The second kappa shape index (κ2) is 10.00. The van der Waals surface area contributed by atoms with Crippen LogP contribution in [0.25, 0.3) is 11.3 Å². The first-order chi connectivity index (χ1) is 13.6. The van der Waals surface area contributed by atoms with Crippen molar-refractivity contribution in [2.45, 2.75) is 31.7 Å². The molecular formula is C17H18F4N5O2ReS-. The van der Waals surface area contributed by atoms with Crippen molar-refractivity contribution in [2.75, 3.05) is 23.1 Å². The van der Waals surface area contributed by atoms with E-state index in [0.29, 0.717) is 37.0 Å². The maximum Gasteiger partial charge on any atom is 0.416 e. The maximum absolute atomic E-state index is 14.0. The Balaban J connectivity index is 0.00000320. The molecule has 0 saturated carbocycles. The molecule has 1 saturated heterocycles. The van der Waals surface area contributed by atoms with E-state index in [0.717, 1.165) is 12.1 Å². The van der Waals surface area contributed by atoms with Gasteiger partial charge in [-0.25, -0.2) is 4.39 Å². The van der Waals surface area contributed by atoms with Crippen LogP contribution in [0, 0.1) is 6.92 Å². The third-order valence-corrected chi connectivity index (χ3v) is 4.91. The molecule has 1 fully saturated rings. The monoisotopic (exact) mass is 619 g/mol. The molecule has 2 unspecified atom stereocenters. The third-order valence-electron chi connectivity index (χ3n) is 4.52. The molecule has 2 atom stereocenters. The number of hydrogen-bond acceptors (Lipinski definition) is 7. The fraction of sp³-hybridized carbons (Fsp3) is 0.412. The van der Waals surface area contributed by atoms with Gasteiger partial charge in [-0.2, -0.15) is 13.2 Å². The molecule has 0 spiro atoms. The molecule has 2 heterocycles. The Morgan fingerprint density at radius 2 is 1.93 bits per heavy atom. The molecule has 1 radical (unpaired) electrons. The van der Waals surface area contributed by atoms with Gasteiger partial charge in [-0.1, -0.05) is 6.07 Å². The van der Waals surface area contributed by atoms with Crippen molar-refractivity contribution in [3.05, 3.63) is 35.4 Å². The molecule has 13 heteroatoms. The van der Waals surface area contributed by atoms with E-state index in [1.54, 1.807) is 13.0 Å². The number of aromatic nitrogens is 2. The normalized spacial score (nSPS) is 19.3. The summed E-state index contributed by atoms with van der Waals surface area (Å²) in [6.07, 6.45) is -5.31. The fourth-order valence-electron chi connectivity index (χ4n) is 3.02. The first-order valence-corrected chi connectivity index (χ1v) is 9.76. The van der Waals surface area contributed by atoms with E-state index in [2.05, 4.69) is 20.8 Å². The summed E-state index contributed by atoms with van der Waals surface area (Å²) in [5, 5.41) is 14.1. The van der Waals surface area contributed by atoms with Crippen LogP contribution in [-0.2, 0) is 45.9 Å². The van der Waals surface area contributed by atoms with Crippen LogP contribution in [0.4, 0.5) is 29.1 Å². The van der Waals surface area contributed by atoms with Gasteiger partial charge in [-0.15, -0.1) is 10.2 Å². The second-order valence-electron chi connectivity index (χ2n) is 6.62. The molecule has 1 aromatic heterocycles. The van der Waals surface area contributed by atoms with Gasteiger partial charge in [0, 0.05) is 49.1 Å². The van der Waals surface area contributed by atoms with Crippen molar-refractivity contribution in [1.29, 1.82) is 0 Å². The Morgan fingerprint density at radius 3 is 2.53 bits per heavy atom. The van der Waals surface area contributed by atoms with Gasteiger partial charge in [0.1, 0.15) is 6.17 Å². The van der Waals surface area contributed by atoms with Crippen LogP contribution in [0.1, 0.15) is 17.5 Å². The number of rotatable bonds is 5. The average Bonchev–Trinajstić information content (AvgIpc) is 2.64. The van der Waals surface area contributed by atoms with Crippen LogP contribution in [0.2, 0.25) is 0 Å². The molecular weight excluding hydrogens is 600 g/mol. The van der Waals surface area contributed by atoms with E-state index in [9.17, 15) is 26.0 Å². The van der Waals surface area contributed by atoms with Crippen LogP contribution in [0.3, 0.4) is 0 Å². The number of anilines is 2. The molecule has 0 aliphatic carbocycles. The van der Waals surface area contributed by atoms with Gasteiger partial charge in [0.05, 0.1) is 17.3 Å². The Morgan fingerprint density at radius 1 is 1.20 bits per heavy atom. The maximum atomic E-state index is 14.0. The van der Waals surface area contributed by atoms with Crippen LogP contribution in [0.5, 0.6) is 0 Å². The Hall–Kier alpha value is -1.81. The summed E-state index contributed by atoms with van der Waals surface area (Å²) in [5.41, 5.74) is -0.388. The molecule has 3 rings (SSSR count). The van der Waals surface area contributed by atoms with Crippen molar-refractivity contribution >= 4 is 22.4 Å². The SMILES string of the molecule is Cc1cc(-c2ccc(C(F)(F)F)cc2N[S-](=O)=O)nnc1NC1CNCCC1F.[Re]. The van der Waals surface area contributed by atoms with Gasteiger partial charge in [0.25, 0.3) is 0 Å². The average molecular weight is 619 g/mol. The third kappa shape index (κ3) is 5.88. The van der Waals surface area contributed by atoms with Crippen molar-refractivity contribution in [2.24, 2.45) is 0 Å². The zero-order valence-electron chi connectivity index (χ0n) is 15.6. The molecule has 1 aliphatic heterocycles. The van der Waals surface area contributed by atoms with E-state index in [1.807, 2.05) is 4.72 Å². The summed E-state index contributed by atoms with van der Waals surface area (Å²) in [5.74, 6) is 0.346. The summed E-state index contributed by atoms with van der Waals surface area (Å²) in [6.45, 7) is 2.70. The molecule has 1 aromatic carbocycles. The topological polar surface area (TPSA) is 96.0 Å². The molecule has 0 amide bonds. The Labute approximate surface area is 185 Å². The van der Waals surface area contributed by atoms with Gasteiger partial charge in [0.15, 0.2) is 5.82 Å². The zero-order chi connectivity index (χ0) is 21.2. The predicted octanol–water partition coefficient (Wildman–Crippen LogP) is 3.22. The molecule has 0 bridgehead atoms. The standard InChI is InChI=1S/C17H18F4N5O2S.Re/c1-9-6-13(24-25-16(9)23-15-8-22-5-4-12(15)18)11-3-2-10(17(19,20)21)7-14(11)26-29(27)28;/h2-3,6-7,12,15,22H,4-5,8H2,1H3,(H,23,25)(H,26,27,28);/q-1;. The number of aryl methyl sites for hydroxylation is 1. The quantitative estimate of drug-likeness (QED) is 0.352. The minimum atomic E-state index is -4.63. The zero-order valence-corrected chi connectivity index (χ0v) is 19.1. The van der Waals surface area contributed by atoms with E-state index in [-0.39, 0.29) is 37.4 Å². The Kier molecular flexibility index (Phi) is 8.15. The Bertz CT molecular complexity index is 966. The van der Waals surface area contributed by atoms with Gasteiger partial charge < -0.3 is 23.8 Å². The van der Waals surface area contributed by atoms with Crippen molar-refractivity contribution in [3.63, 3.8) is 0 Å². The molecule has 2 aromatic rings. The number of benzene rings is 1. The van der Waals surface area contributed by atoms with Gasteiger partial charge in [0.2, 0.25) is 0 Å². The number of piperidine rings is 1. The smallest absolute Gasteiger partial charge is 0.416 e. The molecule has 30 heavy (non-hydrogen) atoms. The number of nitrogens with zero attached hydrogens (tertiary/aromatic N) is 2. The van der Waals surface area contributed by atoms with E-state index in [4.69, 9.17) is 0 Å². The largest absolute Gasteiger partial charge is 0.419 e. The fourth-order valence-corrected chi connectivity index (χ4v) is 3.37. The molecule has 7 nitrogen and oxygen atoms in total. The van der Waals surface area contributed by atoms with Crippen molar-refractivity contribution < 1.29 is 46.4 Å². The first kappa shape index (κ1) is 24.5. The summed E-state index contributed by atoms with van der Waals surface area (Å²) < 4.78 is 76.9. The number of nitrogens with one attached hydrogen (secondary N) is 3. The van der Waals surface area contributed by atoms with Gasteiger partial charge >= 0.3 is 6.18 Å². The summed E-state index contributed by atoms with van der Waals surface area (Å²) in [4.78, 5) is 0. The number of alkyl halides is 4. The van der Waals surface area contributed by atoms with E-state index >= 15 is 0 Å². The second-order valence-corrected chi connectivity index (χ2v) is 7.29. The van der Waals surface area contributed by atoms with Crippen LogP contribution in [0.15, 0.2) is 24.3 Å². The summed E-state index contributed by atoms with van der Waals surface area (Å²) >= 11 is 0. The van der Waals surface area contributed by atoms with Crippen LogP contribution >= 0.6 is 0 Å². The van der Waals surface area contributed by atoms with Crippen molar-refractivity contribution in [1.82, 2.24) is 15.5 Å². The number of hydrogen-bond donors (Lipinski definition) is 3. The van der Waals surface area contributed by atoms with Crippen LogP contribution < -0.4 is 15.4 Å². The predicted molar refractivity (Wildman–Crippen MR) is 99.4 cm³/mol. The molecule has 165 valence electrons. The first-order valence-electron chi connectivity index (χ1n) is 8.68. The van der Waals surface area contributed by atoms with Gasteiger partial charge in [-0.05, 0) is 43.7 Å². The van der Waals surface area contributed by atoms with E-state index in [1.165, 1.54) is 0 Å². The van der Waals surface area contributed by atoms with Crippen LogP contribution in [-0.4, -0.2) is 35.5 Å². The minimum Gasteiger partial charge on any atom is -0.419 e. The summed E-state index contributed by atoms with van der Waals surface area (Å²) in [6, 6.07) is 3.71. The minimum absolute atomic E-state index is 0. The number of halogens is 4. The van der Waals surface area contributed by atoms with Gasteiger partial charge in [-0.3, -0.25) is 0 Å². The molecule has 1 aliphatic rings. The van der Waals surface area contributed by atoms with Crippen molar-refractivity contribution in [3.8, 4) is 11.3 Å². The molecule has 3 N–H and O–H groups in total. The van der Waals surface area contributed by atoms with E-state index < -0.39 is 34.8 Å².